The van der Waals surface area contributed by atoms with E-state index in [1.54, 1.807) is 0 Å². The maximum atomic E-state index is 11.6. The molecule has 1 saturated carbocycles. The molecule has 0 aliphatic heterocycles. The van der Waals surface area contributed by atoms with Gasteiger partial charge < -0.3 is 15.7 Å². The summed E-state index contributed by atoms with van der Waals surface area (Å²) in [7, 11) is 0. The molecule has 6 heteroatoms. The predicted molar refractivity (Wildman–Crippen MR) is 78.6 cm³/mol. The summed E-state index contributed by atoms with van der Waals surface area (Å²) in [6.07, 6.45) is 6.27. The second-order valence-corrected chi connectivity index (χ2v) is 6.43. The standard InChI is InChI=1S/C15H26N2O4/c1-15(2,14(20)21)10-17-13(19)9-16-12(18)8-7-11-5-3-4-6-11/h11H,3-10H2,1-2H3,(H,16,18)(H,17,19)(H,20,21). The molecule has 2 amide bonds. The second kappa shape index (κ2) is 8.00. The fourth-order valence-corrected chi connectivity index (χ4v) is 2.36. The van der Waals surface area contributed by atoms with Crippen molar-refractivity contribution >= 4 is 17.8 Å². The molecule has 0 unspecified atom stereocenters. The fourth-order valence-electron chi connectivity index (χ4n) is 2.36. The van der Waals surface area contributed by atoms with Gasteiger partial charge in [-0.2, -0.15) is 0 Å². The van der Waals surface area contributed by atoms with Gasteiger partial charge >= 0.3 is 5.97 Å². The number of carboxylic acids is 1. The summed E-state index contributed by atoms with van der Waals surface area (Å²) in [6.45, 7) is 3.02. The van der Waals surface area contributed by atoms with Gasteiger partial charge in [0.1, 0.15) is 0 Å². The molecule has 0 aromatic carbocycles. The molecule has 0 aromatic heterocycles. The molecule has 0 atom stereocenters. The summed E-state index contributed by atoms with van der Waals surface area (Å²) in [4.78, 5) is 34.1. The smallest absolute Gasteiger partial charge is 0.310 e. The molecule has 0 spiro atoms. The monoisotopic (exact) mass is 298 g/mol. The van der Waals surface area contributed by atoms with Crippen LogP contribution in [0.1, 0.15) is 52.4 Å². The van der Waals surface area contributed by atoms with Gasteiger partial charge in [0, 0.05) is 13.0 Å². The van der Waals surface area contributed by atoms with Crippen molar-refractivity contribution in [3.63, 3.8) is 0 Å². The number of amides is 2. The van der Waals surface area contributed by atoms with E-state index in [2.05, 4.69) is 10.6 Å². The highest BCUT2D eigenvalue weighted by molar-refractivity contribution is 5.85. The van der Waals surface area contributed by atoms with Crippen molar-refractivity contribution in [2.75, 3.05) is 13.1 Å². The van der Waals surface area contributed by atoms with Crippen LogP contribution in [0.5, 0.6) is 0 Å². The van der Waals surface area contributed by atoms with Crippen LogP contribution in [0.2, 0.25) is 0 Å². The maximum absolute atomic E-state index is 11.6. The molecule has 120 valence electrons. The molecule has 3 N–H and O–H groups in total. The first-order valence-electron chi connectivity index (χ1n) is 7.58. The fraction of sp³-hybridized carbons (Fsp3) is 0.800. The van der Waals surface area contributed by atoms with Gasteiger partial charge in [-0.15, -0.1) is 0 Å². The second-order valence-electron chi connectivity index (χ2n) is 6.43. The summed E-state index contributed by atoms with van der Waals surface area (Å²) >= 11 is 0. The third-order valence-electron chi connectivity index (χ3n) is 4.01. The van der Waals surface area contributed by atoms with Crippen LogP contribution in [0.25, 0.3) is 0 Å². The Bertz CT molecular complexity index is 387. The molecular formula is C15H26N2O4. The first-order valence-corrected chi connectivity index (χ1v) is 7.58. The van der Waals surface area contributed by atoms with Crippen molar-refractivity contribution < 1.29 is 19.5 Å². The topological polar surface area (TPSA) is 95.5 Å². The Labute approximate surface area is 125 Å². The number of hydrogen-bond donors (Lipinski definition) is 3. The molecule has 0 saturated heterocycles. The highest BCUT2D eigenvalue weighted by Crippen LogP contribution is 2.28. The lowest BCUT2D eigenvalue weighted by Gasteiger charge is -2.19. The van der Waals surface area contributed by atoms with E-state index in [0.29, 0.717) is 12.3 Å². The van der Waals surface area contributed by atoms with E-state index < -0.39 is 11.4 Å². The lowest BCUT2D eigenvalue weighted by Crippen LogP contribution is -2.43. The van der Waals surface area contributed by atoms with Gasteiger partial charge in [0.2, 0.25) is 11.8 Å². The van der Waals surface area contributed by atoms with Crippen molar-refractivity contribution in [3.05, 3.63) is 0 Å². The van der Waals surface area contributed by atoms with Crippen molar-refractivity contribution in [1.29, 1.82) is 0 Å². The van der Waals surface area contributed by atoms with E-state index >= 15 is 0 Å². The lowest BCUT2D eigenvalue weighted by molar-refractivity contribution is -0.146. The van der Waals surface area contributed by atoms with E-state index in [-0.39, 0.29) is 24.9 Å². The zero-order valence-electron chi connectivity index (χ0n) is 12.9. The number of rotatable bonds is 8. The largest absolute Gasteiger partial charge is 0.481 e. The van der Waals surface area contributed by atoms with Gasteiger partial charge in [-0.3, -0.25) is 14.4 Å². The number of carboxylic acid groups (broad SMARTS) is 1. The Balaban J connectivity index is 2.14. The van der Waals surface area contributed by atoms with Gasteiger partial charge in [-0.05, 0) is 26.2 Å². The predicted octanol–water partition coefficient (Wildman–Crippen LogP) is 1.30. The van der Waals surface area contributed by atoms with Crippen LogP contribution in [-0.4, -0.2) is 36.0 Å². The van der Waals surface area contributed by atoms with Gasteiger partial charge in [0.25, 0.3) is 0 Å². The van der Waals surface area contributed by atoms with Crippen LogP contribution in [0, 0.1) is 11.3 Å². The molecule has 21 heavy (non-hydrogen) atoms. The first-order chi connectivity index (χ1) is 9.81. The minimum absolute atomic E-state index is 0.0408. The third kappa shape index (κ3) is 6.60. The minimum Gasteiger partial charge on any atom is -0.481 e. The summed E-state index contributed by atoms with van der Waals surface area (Å²) in [5.74, 6) is -0.794. The van der Waals surface area contributed by atoms with Crippen LogP contribution in [0.3, 0.4) is 0 Å². The average Bonchev–Trinajstić information content (AvgIpc) is 2.93. The molecule has 0 heterocycles. The molecule has 1 fully saturated rings. The quantitative estimate of drug-likeness (QED) is 0.629. The summed E-state index contributed by atoms with van der Waals surface area (Å²) in [5.41, 5.74) is -1.01. The zero-order chi connectivity index (χ0) is 15.9. The lowest BCUT2D eigenvalue weighted by atomic mass is 9.94. The molecule has 0 bridgehead atoms. The van der Waals surface area contributed by atoms with Crippen LogP contribution >= 0.6 is 0 Å². The van der Waals surface area contributed by atoms with Crippen molar-refractivity contribution in [1.82, 2.24) is 10.6 Å². The van der Waals surface area contributed by atoms with E-state index in [1.165, 1.54) is 39.5 Å². The normalized spacial score (nSPS) is 15.7. The molecule has 6 nitrogen and oxygen atoms in total. The number of carbonyl (C=O) groups excluding carboxylic acids is 2. The highest BCUT2D eigenvalue weighted by Gasteiger charge is 2.27. The Morgan fingerprint density at radius 3 is 2.29 bits per heavy atom. The van der Waals surface area contributed by atoms with E-state index in [1.807, 2.05) is 0 Å². The summed E-state index contributed by atoms with van der Waals surface area (Å²) < 4.78 is 0. The van der Waals surface area contributed by atoms with E-state index in [9.17, 15) is 14.4 Å². The van der Waals surface area contributed by atoms with Crippen LogP contribution in [0.15, 0.2) is 0 Å². The van der Waals surface area contributed by atoms with Gasteiger partial charge in [0.05, 0.1) is 12.0 Å². The highest BCUT2D eigenvalue weighted by atomic mass is 16.4. The first kappa shape index (κ1) is 17.5. The molecule has 0 aromatic rings. The van der Waals surface area contributed by atoms with Gasteiger partial charge in [0.15, 0.2) is 0 Å². The van der Waals surface area contributed by atoms with Crippen molar-refractivity contribution in [2.24, 2.45) is 11.3 Å². The number of nitrogens with one attached hydrogen (secondary N) is 2. The van der Waals surface area contributed by atoms with Crippen LogP contribution in [0.4, 0.5) is 0 Å². The van der Waals surface area contributed by atoms with Crippen LogP contribution < -0.4 is 10.6 Å². The van der Waals surface area contributed by atoms with E-state index in [4.69, 9.17) is 5.11 Å². The van der Waals surface area contributed by atoms with Crippen molar-refractivity contribution in [3.8, 4) is 0 Å². The van der Waals surface area contributed by atoms with E-state index in [0.717, 1.165) is 6.42 Å². The Kier molecular flexibility index (Phi) is 6.65. The molecule has 1 aliphatic rings. The van der Waals surface area contributed by atoms with Crippen molar-refractivity contribution in [2.45, 2.75) is 52.4 Å². The number of carbonyl (C=O) groups is 3. The number of hydrogen-bond acceptors (Lipinski definition) is 3. The molecular weight excluding hydrogens is 272 g/mol. The SMILES string of the molecule is CC(C)(CNC(=O)CNC(=O)CCC1CCCC1)C(=O)O. The zero-order valence-corrected chi connectivity index (χ0v) is 12.9. The number of aliphatic carboxylic acids is 1. The third-order valence-corrected chi connectivity index (χ3v) is 4.01. The minimum atomic E-state index is -1.01. The molecule has 1 rings (SSSR count). The van der Waals surface area contributed by atoms with Crippen LogP contribution in [-0.2, 0) is 14.4 Å². The molecule has 1 aliphatic carbocycles. The van der Waals surface area contributed by atoms with Gasteiger partial charge in [-0.1, -0.05) is 25.7 Å². The maximum Gasteiger partial charge on any atom is 0.310 e. The summed E-state index contributed by atoms with van der Waals surface area (Å²) in [6, 6.07) is 0. The molecule has 0 radical (unpaired) electrons. The average molecular weight is 298 g/mol. The Morgan fingerprint density at radius 2 is 1.71 bits per heavy atom. The Hall–Kier alpha value is -1.59. The summed E-state index contributed by atoms with van der Waals surface area (Å²) in [5, 5.41) is 14.0. The van der Waals surface area contributed by atoms with Gasteiger partial charge in [-0.25, -0.2) is 0 Å². The Morgan fingerprint density at radius 1 is 1.10 bits per heavy atom.